The molecule has 22 heavy (non-hydrogen) atoms. The van der Waals surface area contributed by atoms with Gasteiger partial charge >= 0.3 is 0 Å². The molecule has 0 spiro atoms. The molecule has 0 saturated heterocycles. The number of amides is 1. The van der Waals surface area contributed by atoms with Gasteiger partial charge in [0, 0.05) is 10.4 Å². The van der Waals surface area contributed by atoms with Crippen LogP contribution in [-0.2, 0) is 17.6 Å². The number of hydrogen-bond donors (Lipinski definition) is 2. The predicted molar refractivity (Wildman–Crippen MR) is 89.1 cm³/mol. The lowest BCUT2D eigenvalue weighted by molar-refractivity contribution is -0.118. The molecule has 1 aromatic carbocycles. The number of aromatic nitrogens is 1. The first-order valence-corrected chi connectivity index (χ1v) is 8.57. The first-order valence-electron chi connectivity index (χ1n) is 7.75. The zero-order valence-corrected chi connectivity index (χ0v) is 13.4. The van der Waals surface area contributed by atoms with E-state index < -0.39 is 5.54 Å². The summed E-state index contributed by atoms with van der Waals surface area (Å²) < 4.78 is 0. The SMILES string of the molecule is Cc1sc(NC(=O)C2(N)CC2)nc1-c1ccc2c(c1)CCC2. The van der Waals surface area contributed by atoms with Crippen LogP contribution in [0.15, 0.2) is 18.2 Å². The Bertz CT molecular complexity index is 761. The van der Waals surface area contributed by atoms with E-state index in [-0.39, 0.29) is 5.91 Å². The van der Waals surface area contributed by atoms with Crippen LogP contribution < -0.4 is 11.1 Å². The van der Waals surface area contributed by atoms with Gasteiger partial charge in [-0.1, -0.05) is 12.1 Å². The maximum atomic E-state index is 12.0. The molecule has 5 heteroatoms. The fourth-order valence-corrected chi connectivity index (χ4v) is 3.85. The van der Waals surface area contributed by atoms with Gasteiger partial charge in [0.2, 0.25) is 5.91 Å². The first kappa shape index (κ1) is 13.9. The van der Waals surface area contributed by atoms with Gasteiger partial charge in [-0.05, 0) is 56.2 Å². The maximum Gasteiger partial charge on any atom is 0.246 e. The number of benzene rings is 1. The minimum Gasteiger partial charge on any atom is -0.317 e. The molecule has 1 amide bonds. The number of hydrogen-bond acceptors (Lipinski definition) is 4. The molecular formula is C17H19N3OS. The van der Waals surface area contributed by atoms with Gasteiger partial charge in [0.05, 0.1) is 11.2 Å². The molecular weight excluding hydrogens is 294 g/mol. The van der Waals surface area contributed by atoms with Crippen LogP contribution in [0.25, 0.3) is 11.3 Å². The third kappa shape index (κ3) is 2.34. The molecule has 4 nitrogen and oxygen atoms in total. The smallest absolute Gasteiger partial charge is 0.246 e. The molecule has 2 aromatic rings. The quantitative estimate of drug-likeness (QED) is 0.915. The van der Waals surface area contributed by atoms with Crippen LogP contribution in [0.3, 0.4) is 0 Å². The number of nitrogens with one attached hydrogen (secondary N) is 1. The highest BCUT2D eigenvalue weighted by Crippen LogP contribution is 2.36. The van der Waals surface area contributed by atoms with Crippen LogP contribution in [0.5, 0.6) is 0 Å². The molecule has 4 rings (SSSR count). The summed E-state index contributed by atoms with van der Waals surface area (Å²) in [7, 11) is 0. The van der Waals surface area contributed by atoms with Crippen molar-refractivity contribution in [1.82, 2.24) is 4.98 Å². The second kappa shape index (κ2) is 4.89. The monoisotopic (exact) mass is 313 g/mol. The van der Waals surface area contributed by atoms with E-state index in [1.54, 1.807) is 0 Å². The van der Waals surface area contributed by atoms with Gasteiger partial charge in [-0.2, -0.15) is 0 Å². The number of nitrogens with zero attached hydrogens (tertiary/aromatic N) is 1. The van der Waals surface area contributed by atoms with Crippen LogP contribution in [0.2, 0.25) is 0 Å². The highest BCUT2D eigenvalue weighted by Gasteiger charge is 2.46. The van der Waals surface area contributed by atoms with Crippen molar-refractivity contribution in [3.05, 3.63) is 34.2 Å². The summed E-state index contributed by atoms with van der Waals surface area (Å²) in [5, 5.41) is 3.52. The number of aryl methyl sites for hydroxylation is 3. The molecule has 1 aromatic heterocycles. The predicted octanol–water partition coefficient (Wildman–Crippen LogP) is 3.04. The number of rotatable bonds is 3. The third-order valence-electron chi connectivity index (χ3n) is 4.63. The van der Waals surface area contributed by atoms with E-state index in [4.69, 9.17) is 5.73 Å². The number of carbonyl (C=O) groups is 1. The van der Waals surface area contributed by atoms with Crippen LogP contribution >= 0.6 is 11.3 Å². The number of nitrogens with two attached hydrogens (primary N) is 1. The number of anilines is 1. The fraction of sp³-hybridized carbons (Fsp3) is 0.412. The lowest BCUT2D eigenvalue weighted by atomic mass is 10.0. The number of fused-ring (bicyclic) bond motifs is 1. The Morgan fingerprint density at radius 3 is 2.86 bits per heavy atom. The van der Waals surface area contributed by atoms with E-state index in [2.05, 4.69) is 28.5 Å². The van der Waals surface area contributed by atoms with Crippen molar-refractivity contribution in [3.8, 4) is 11.3 Å². The summed E-state index contributed by atoms with van der Waals surface area (Å²) >= 11 is 1.52. The summed E-state index contributed by atoms with van der Waals surface area (Å²) in [5.41, 5.74) is 10.3. The van der Waals surface area contributed by atoms with Crippen LogP contribution in [0.1, 0.15) is 35.3 Å². The molecule has 2 aliphatic rings. The maximum absolute atomic E-state index is 12.0. The van der Waals surface area contributed by atoms with Crippen molar-refractivity contribution in [3.63, 3.8) is 0 Å². The van der Waals surface area contributed by atoms with E-state index in [9.17, 15) is 4.79 Å². The summed E-state index contributed by atoms with van der Waals surface area (Å²) in [6.07, 6.45) is 5.12. The van der Waals surface area contributed by atoms with E-state index >= 15 is 0 Å². The highest BCUT2D eigenvalue weighted by molar-refractivity contribution is 7.16. The molecule has 1 fully saturated rings. The Morgan fingerprint density at radius 2 is 2.09 bits per heavy atom. The van der Waals surface area contributed by atoms with E-state index in [0.29, 0.717) is 5.13 Å². The Kier molecular flexibility index (Phi) is 3.09. The molecule has 0 aliphatic heterocycles. The van der Waals surface area contributed by atoms with Crippen molar-refractivity contribution in [1.29, 1.82) is 0 Å². The van der Waals surface area contributed by atoms with Crippen molar-refractivity contribution < 1.29 is 4.79 Å². The minimum atomic E-state index is -0.659. The molecule has 0 radical (unpaired) electrons. The number of thiazole rings is 1. The van der Waals surface area contributed by atoms with Crippen molar-refractivity contribution in [2.45, 2.75) is 44.6 Å². The van der Waals surface area contributed by atoms with E-state index in [0.717, 1.165) is 35.4 Å². The van der Waals surface area contributed by atoms with Crippen LogP contribution in [0.4, 0.5) is 5.13 Å². The van der Waals surface area contributed by atoms with Crippen LogP contribution in [0, 0.1) is 6.92 Å². The zero-order chi connectivity index (χ0) is 15.3. The Labute approximate surface area is 133 Å². The first-order chi connectivity index (χ1) is 10.5. The molecule has 0 atom stereocenters. The summed E-state index contributed by atoms with van der Waals surface area (Å²) in [4.78, 5) is 17.8. The normalized spacial score (nSPS) is 18.1. The summed E-state index contributed by atoms with van der Waals surface area (Å²) in [6.45, 7) is 2.05. The lowest BCUT2D eigenvalue weighted by Gasteiger charge is -2.06. The van der Waals surface area contributed by atoms with Crippen molar-refractivity contribution >= 4 is 22.4 Å². The van der Waals surface area contributed by atoms with Gasteiger partial charge < -0.3 is 11.1 Å². The lowest BCUT2D eigenvalue weighted by Crippen LogP contribution is -2.37. The topological polar surface area (TPSA) is 68.0 Å². The molecule has 1 heterocycles. The average molecular weight is 313 g/mol. The van der Waals surface area contributed by atoms with E-state index in [1.165, 1.54) is 35.3 Å². The molecule has 0 bridgehead atoms. The highest BCUT2D eigenvalue weighted by atomic mass is 32.1. The fourth-order valence-electron chi connectivity index (χ4n) is 3.02. The molecule has 2 aliphatic carbocycles. The molecule has 114 valence electrons. The largest absolute Gasteiger partial charge is 0.317 e. The summed E-state index contributed by atoms with van der Waals surface area (Å²) in [5.74, 6) is -0.109. The second-order valence-electron chi connectivity index (χ2n) is 6.37. The standard InChI is InChI=1S/C17H19N3OS/c1-10-14(13-6-5-11-3-2-4-12(11)9-13)19-16(22-10)20-15(21)17(18)7-8-17/h5-6,9H,2-4,7-8,18H2,1H3,(H,19,20,21). The van der Waals surface area contributed by atoms with Gasteiger partial charge in [0.1, 0.15) is 0 Å². The molecule has 0 unspecified atom stereocenters. The third-order valence-corrected chi connectivity index (χ3v) is 5.52. The Morgan fingerprint density at radius 1 is 1.32 bits per heavy atom. The average Bonchev–Trinajstić information content (AvgIpc) is 2.94. The Hall–Kier alpha value is -1.72. The van der Waals surface area contributed by atoms with Crippen molar-refractivity contribution in [2.75, 3.05) is 5.32 Å². The van der Waals surface area contributed by atoms with Gasteiger partial charge in [-0.25, -0.2) is 4.98 Å². The van der Waals surface area contributed by atoms with Gasteiger partial charge in [-0.3, -0.25) is 4.79 Å². The van der Waals surface area contributed by atoms with Crippen LogP contribution in [-0.4, -0.2) is 16.4 Å². The second-order valence-corrected chi connectivity index (χ2v) is 7.57. The zero-order valence-electron chi connectivity index (χ0n) is 12.6. The molecule has 1 saturated carbocycles. The number of carbonyl (C=O) groups excluding carboxylic acids is 1. The van der Waals surface area contributed by atoms with Gasteiger partial charge in [-0.15, -0.1) is 11.3 Å². The summed E-state index contributed by atoms with van der Waals surface area (Å²) in [6, 6.07) is 6.61. The van der Waals surface area contributed by atoms with Gasteiger partial charge in [0.15, 0.2) is 5.13 Å². The van der Waals surface area contributed by atoms with E-state index in [1.807, 2.05) is 6.92 Å². The Balaban J connectivity index is 1.61. The van der Waals surface area contributed by atoms with Gasteiger partial charge in [0.25, 0.3) is 0 Å². The molecule has 3 N–H and O–H groups in total. The minimum absolute atomic E-state index is 0.109. The van der Waals surface area contributed by atoms with Crippen molar-refractivity contribution in [2.24, 2.45) is 5.73 Å².